The van der Waals surface area contributed by atoms with Crippen LogP contribution in [0, 0.1) is 5.92 Å². The number of primary amides is 1. The maximum Gasteiger partial charge on any atom is 0.218 e. The Morgan fingerprint density at radius 2 is 2.05 bits per heavy atom. The minimum atomic E-state index is -0.547. The second-order valence-electron chi connectivity index (χ2n) is 5.59. The van der Waals surface area contributed by atoms with Gasteiger partial charge in [-0.25, -0.2) is 0 Å². The van der Waals surface area contributed by atoms with Crippen molar-refractivity contribution in [3.8, 4) is 0 Å². The minimum Gasteiger partial charge on any atom is -0.389 e. The number of amides is 1. The van der Waals surface area contributed by atoms with Gasteiger partial charge >= 0.3 is 0 Å². The smallest absolute Gasteiger partial charge is 0.218 e. The predicted molar refractivity (Wildman–Crippen MR) is 81.4 cm³/mol. The summed E-state index contributed by atoms with van der Waals surface area (Å²) in [4.78, 5) is 10.7. The van der Waals surface area contributed by atoms with Gasteiger partial charge in [-0.3, -0.25) is 4.79 Å². The molecule has 5 heteroatoms. The maximum absolute atomic E-state index is 10.7. The molecule has 120 valence electrons. The molecule has 5 nitrogen and oxygen atoms in total. The summed E-state index contributed by atoms with van der Waals surface area (Å²) in [6, 6.07) is -0.0184. The highest BCUT2D eigenvalue weighted by Crippen LogP contribution is 2.12. The van der Waals surface area contributed by atoms with Crippen LogP contribution in [0.1, 0.15) is 52.9 Å². The predicted octanol–water partition coefficient (Wildman–Crippen LogP) is 1.43. The van der Waals surface area contributed by atoms with Gasteiger partial charge in [-0.1, -0.05) is 33.1 Å². The number of nitrogens with one attached hydrogen (secondary N) is 1. The Morgan fingerprint density at radius 1 is 1.35 bits per heavy atom. The first-order valence-electron chi connectivity index (χ1n) is 7.77. The van der Waals surface area contributed by atoms with E-state index in [1.54, 1.807) is 0 Å². The number of hydrogen-bond acceptors (Lipinski definition) is 4. The third-order valence-corrected chi connectivity index (χ3v) is 3.42. The van der Waals surface area contributed by atoms with Crippen molar-refractivity contribution in [2.24, 2.45) is 11.7 Å². The lowest BCUT2D eigenvalue weighted by Crippen LogP contribution is -2.38. The van der Waals surface area contributed by atoms with Gasteiger partial charge < -0.3 is 20.9 Å². The maximum atomic E-state index is 10.7. The van der Waals surface area contributed by atoms with Crippen molar-refractivity contribution in [3.05, 3.63) is 0 Å². The Balaban J connectivity index is 3.65. The molecule has 0 fully saturated rings. The number of aliphatic hydroxyl groups is 1. The molecule has 0 aromatic heterocycles. The summed E-state index contributed by atoms with van der Waals surface area (Å²) in [5.74, 6) is 0.251. The monoisotopic (exact) mass is 288 g/mol. The van der Waals surface area contributed by atoms with E-state index in [0.29, 0.717) is 25.7 Å². The molecule has 0 radical (unpaired) electrons. The third kappa shape index (κ3) is 11.2. The van der Waals surface area contributed by atoms with Gasteiger partial charge in [0.25, 0.3) is 0 Å². The first kappa shape index (κ1) is 19.4. The Kier molecular flexibility index (Phi) is 11.7. The second-order valence-corrected chi connectivity index (χ2v) is 5.59. The summed E-state index contributed by atoms with van der Waals surface area (Å²) in [6.45, 7) is 7.70. The summed E-state index contributed by atoms with van der Waals surface area (Å²) < 4.78 is 5.58. The molecule has 20 heavy (non-hydrogen) atoms. The topological polar surface area (TPSA) is 84.6 Å². The number of carbonyl (C=O) groups excluding carboxylic acids is 1. The lowest BCUT2D eigenvalue weighted by molar-refractivity contribution is -0.118. The molecule has 0 aliphatic carbocycles. The molecule has 0 heterocycles. The number of carbonyl (C=O) groups is 1. The van der Waals surface area contributed by atoms with E-state index in [-0.39, 0.29) is 18.4 Å². The highest BCUT2D eigenvalue weighted by Gasteiger charge is 2.11. The minimum absolute atomic E-state index is 0.0184. The average Bonchev–Trinajstić information content (AvgIpc) is 2.39. The largest absolute Gasteiger partial charge is 0.389 e. The first-order valence-corrected chi connectivity index (χ1v) is 7.77. The molecule has 3 unspecified atom stereocenters. The molecule has 0 saturated carbocycles. The van der Waals surface area contributed by atoms with Crippen molar-refractivity contribution in [1.82, 2.24) is 5.32 Å². The van der Waals surface area contributed by atoms with Gasteiger partial charge in [-0.15, -0.1) is 0 Å². The normalized spacial score (nSPS) is 15.8. The van der Waals surface area contributed by atoms with Crippen LogP contribution in [0.4, 0.5) is 0 Å². The van der Waals surface area contributed by atoms with Crippen LogP contribution in [0.3, 0.4) is 0 Å². The zero-order chi connectivity index (χ0) is 15.4. The van der Waals surface area contributed by atoms with E-state index in [2.05, 4.69) is 19.2 Å². The van der Waals surface area contributed by atoms with Crippen LogP contribution in [0.5, 0.6) is 0 Å². The Hall–Kier alpha value is -0.650. The molecule has 0 rings (SSSR count). The first-order chi connectivity index (χ1) is 9.49. The van der Waals surface area contributed by atoms with Crippen LogP contribution in [0.25, 0.3) is 0 Å². The number of rotatable bonds is 13. The molecule has 0 aromatic rings. The van der Waals surface area contributed by atoms with E-state index in [1.807, 2.05) is 6.92 Å². The highest BCUT2D eigenvalue weighted by atomic mass is 16.5. The molecular formula is C15H32N2O3. The summed E-state index contributed by atoms with van der Waals surface area (Å²) in [6.07, 6.45) is 4.48. The quantitative estimate of drug-likeness (QED) is 0.479. The van der Waals surface area contributed by atoms with Crippen molar-refractivity contribution < 1.29 is 14.6 Å². The molecule has 4 N–H and O–H groups in total. The highest BCUT2D eigenvalue weighted by molar-refractivity contribution is 5.74. The number of ether oxygens (including phenoxy) is 1. The van der Waals surface area contributed by atoms with Crippen molar-refractivity contribution in [3.63, 3.8) is 0 Å². The van der Waals surface area contributed by atoms with E-state index in [9.17, 15) is 9.90 Å². The van der Waals surface area contributed by atoms with E-state index in [0.717, 1.165) is 6.42 Å². The Labute approximate surface area is 123 Å². The molecule has 1 amide bonds. The summed E-state index contributed by atoms with van der Waals surface area (Å²) >= 11 is 0. The molecule has 0 spiro atoms. The fourth-order valence-electron chi connectivity index (χ4n) is 2.04. The third-order valence-electron chi connectivity index (χ3n) is 3.42. The van der Waals surface area contributed by atoms with Crippen LogP contribution >= 0.6 is 0 Å². The Morgan fingerprint density at radius 3 is 2.60 bits per heavy atom. The molecule has 0 aliphatic heterocycles. The summed E-state index contributed by atoms with van der Waals surface area (Å²) in [5, 5.41) is 12.9. The van der Waals surface area contributed by atoms with Crippen LogP contribution in [0.2, 0.25) is 0 Å². The van der Waals surface area contributed by atoms with Crippen molar-refractivity contribution in [1.29, 1.82) is 0 Å². The summed E-state index contributed by atoms with van der Waals surface area (Å²) in [5.41, 5.74) is 5.10. The summed E-state index contributed by atoms with van der Waals surface area (Å²) in [7, 11) is 0. The van der Waals surface area contributed by atoms with Gasteiger partial charge in [-0.2, -0.15) is 0 Å². The number of unbranched alkanes of at least 4 members (excludes halogenated alkanes) is 1. The zero-order valence-corrected chi connectivity index (χ0v) is 13.2. The van der Waals surface area contributed by atoms with Crippen LogP contribution < -0.4 is 11.1 Å². The van der Waals surface area contributed by atoms with Crippen molar-refractivity contribution in [2.75, 3.05) is 19.8 Å². The standard InChI is InChI=1S/C15H32N2O3/c1-4-6-7-13(5-2)10-20-11-14(18)9-17-12(3)8-15(16)19/h12-14,17-18H,4-11H2,1-3H3,(H2,16,19). The van der Waals surface area contributed by atoms with Gasteiger partial charge in [-0.05, 0) is 19.3 Å². The lowest BCUT2D eigenvalue weighted by atomic mass is 10.0. The fraction of sp³-hybridized carbons (Fsp3) is 0.933. The lowest BCUT2D eigenvalue weighted by Gasteiger charge is -2.18. The van der Waals surface area contributed by atoms with E-state index in [4.69, 9.17) is 10.5 Å². The van der Waals surface area contributed by atoms with Gasteiger partial charge in [0.05, 0.1) is 12.7 Å². The molecule has 0 aromatic carbocycles. The molecule has 0 saturated heterocycles. The van der Waals surface area contributed by atoms with Gasteiger partial charge in [0.1, 0.15) is 0 Å². The van der Waals surface area contributed by atoms with Gasteiger partial charge in [0, 0.05) is 25.6 Å². The SMILES string of the molecule is CCCCC(CC)COCC(O)CNC(C)CC(N)=O. The second kappa shape index (κ2) is 12.1. The molecular weight excluding hydrogens is 256 g/mol. The van der Waals surface area contributed by atoms with E-state index in [1.165, 1.54) is 19.3 Å². The molecule has 3 atom stereocenters. The van der Waals surface area contributed by atoms with Crippen LogP contribution in [-0.4, -0.2) is 42.9 Å². The van der Waals surface area contributed by atoms with Gasteiger partial charge in [0.15, 0.2) is 0 Å². The Bertz CT molecular complexity index is 249. The number of nitrogens with two attached hydrogens (primary N) is 1. The van der Waals surface area contributed by atoms with Crippen molar-refractivity contribution >= 4 is 5.91 Å². The van der Waals surface area contributed by atoms with Crippen LogP contribution in [-0.2, 0) is 9.53 Å². The number of aliphatic hydroxyl groups excluding tert-OH is 1. The van der Waals surface area contributed by atoms with E-state index < -0.39 is 6.10 Å². The number of hydrogen-bond donors (Lipinski definition) is 3. The molecule has 0 aliphatic rings. The zero-order valence-electron chi connectivity index (χ0n) is 13.2. The fourth-order valence-corrected chi connectivity index (χ4v) is 2.04. The molecule has 0 bridgehead atoms. The van der Waals surface area contributed by atoms with E-state index >= 15 is 0 Å². The van der Waals surface area contributed by atoms with Crippen molar-refractivity contribution in [2.45, 2.75) is 65.0 Å². The average molecular weight is 288 g/mol. The van der Waals surface area contributed by atoms with Crippen LogP contribution in [0.15, 0.2) is 0 Å². The van der Waals surface area contributed by atoms with Gasteiger partial charge in [0.2, 0.25) is 5.91 Å².